The van der Waals surface area contributed by atoms with Crippen molar-refractivity contribution in [1.82, 2.24) is 10.3 Å². The van der Waals surface area contributed by atoms with Crippen molar-refractivity contribution in [1.29, 1.82) is 0 Å². The fourth-order valence-corrected chi connectivity index (χ4v) is 1.02. The van der Waals surface area contributed by atoms with Gasteiger partial charge in [-0.15, -0.1) is 0 Å². The summed E-state index contributed by atoms with van der Waals surface area (Å²) in [6.07, 6.45) is 1.21. The fourth-order valence-electron chi connectivity index (χ4n) is 0.905. The predicted octanol–water partition coefficient (Wildman–Crippen LogP) is 2.05. The molecule has 1 N–H and O–H groups in total. The van der Waals surface area contributed by atoms with E-state index in [1.165, 1.54) is 25.4 Å². The van der Waals surface area contributed by atoms with Gasteiger partial charge in [0.25, 0.3) is 0 Å². The van der Waals surface area contributed by atoms with Crippen LogP contribution in [0.3, 0.4) is 0 Å². The second kappa shape index (κ2) is 3.98. The summed E-state index contributed by atoms with van der Waals surface area (Å²) in [5, 5.41) is 2.75. The fraction of sp³-hybridized carbons (Fsp3) is 0.375. The van der Waals surface area contributed by atoms with Crippen molar-refractivity contribution in [3.05, 3.63) is 29.0 Å². The van der Waals surface area contributed by atoms with Gasteiger partial charge in [0.05, 0.1) is 11.6 Å². The highest BCUT2D eigenvalue weighted by Crippen LogP contribution is 2.25. The predicted molar refractivity (Wildman–Crippen MR) is 47.1 cm³/mol. The third kappa shape index (κ3) is 2.60. The van der Waals surface area contributed by atoms with E-state index in [1.54, 1.807) is 0 Å². The lowest BCUT2D eigenvalue weighted by Gasteiger charge is -2.14. The molecule has 0 unspecified atom stereocenters. The molecule has 13 heavy (non-hydrogen) atoms. The smallest absolute Gasteiger partial charge is 0.301 e. The van der Waals surface area contributed by atoms with Gasteiger partial charge in [0.15, 0.2) is 0 Å². The van der Waals surface area contributed by atoms with E-state index in [1.807, 2.05) is 0 Å². The van der Waals surface area contributed by atoms with Crippen LogP contribution in [0.5, 0.6) is 0 Å². The average Bonchev–Trinajstić information content (AvgIpc) is 2.05. The number of nitrogens with one attached hydrogen (secondary N) is 1. The van der Waals surface area contributed by atoms with Crippen LogP contribution in [0.2, 0.25) is 5.02 Å². The van der Waals surface area contributed by atoms with Gasteiger partial charge in [0, 0.05) is 6.20 Å². The Bertz CT molecular complexity index is 274. The SMILES string of the molecule is CNCC(F)(F)c1ccc(Cl)cn1. The molecule has 1 rings (SSSR count). The highest BCUT2D eigenvalue weighted by Gasteiger charge is 2.31. The molecule has 1 aromatic heterocycles. The first kappa shape index (κ1) is 10.3. The Hall–Kier alpha value is -0.740. The number of halogens is 3. The summed E-state index contributed by atoms with van der Waals surface area (Å²) in [6, 6.07) is 2.62. The number of hydrogen-bond donors (Lipinski definition) is 1. The van der Waals surface area contributed by atoms with Crippen LogP contribution in [0.15, 0.2) is 18.3 Å². The third-order valence-electron chi connectivity index (χ3n) is 1.50. The Kier molecular flexibility index (Phi) is 3.17. The minimum Gasteiger partial charge on any atom is -0.314 e. The van der Waals surface area contributed by atoms with Gasteiger partial charge in [0.2, 0.25) is 0 Å². The van der Waals surface area contributed by atoms with Crippen LogP contribution in [0.4, 0.5) is 8.78 Å². The van der Waals surface area contributed by atoms with Crippen molar-refractivity contribution in [3.8, 4) is 0 Å². The van der Waals surface area contributed by atoms with E-state index in [9.17, 15) is 8.78 Å². The molecule has 2 nitrogen and oxygen atoms in total. The van der Waals surface area contributed by atoms with Crippen LogP contribution < -0.4 is 5.32 Å². The zero-order chi connectivity index (χ0) is 9.90. The van der Waals surface area contributed by atoms with Crippen molar-refractivity contribution in [2.24, 2.45) is 0 Å². The molecule has 72 valence electrons. The lowest BCUT2D eigenvalue weighted by molar-refractivity contribution is -0.00571. The maximum absolute atomic E-state index is 13.1. The van der Waals surface area contributed by atoms with Crippen LogP contribution in [-0.2, 0) is 5.92 Å². The monoisotopic (exact) mass is 206 g/mol. The summed E-state index contributed by atoms with van der Waals surface area (Å²) in [5.74, 6) is -2.95. The number of nitrogens with zero attached hydrogens (tertiary/aromatic N) is 1. The Morgan fingerprint density at radius 2 is 2.23 bits per heavy atom. The van der Waals surface area contributed by atoms with Gasteiger partial charge < -0.3 is 5.32 Å². The lowest BCUT2D eigenvalue weighted by atomic mass is 10.2. The number of hydrogen-bond acceptors (Lipinski definition) is 2. The van der Waals surface area contributed by atoms with Gasteiger partial charge in [-0.3, -0.25) is 4.98 Å². The number of rotatable bonds is 3. The molecule has 0 radical (unpaired) electrons. The summed E-state index contributed by atoms with van der Waals surface area (Å²) >= 11 is 5.52. The second-order valence-electron chi connectivity index (χ2n) is 2.60. The Morgan fingerprint density at radius 1 is 1.54 bits per heavy atom. The van der Waals surface area contributed by atoms with E-state index in [-0.39, 0.29) is 5.69 Å². The topological polar surface area (TPSA) is 24.9 Å². The van der Waals surface area contributed by atoms with Gasteiger partial charge in [-0.25, -0.2) is 0 Å². The molecule has 0 aliphatic rings. The summed E-state index contributed by atoms with van der Waals surface area (Å²) in [6.45, 7) is -0.429. The van der Waals surface area contributed by atoms with Crippen LogP contribution in [0.25, 0.3) is 0 Å². The maximum atomic E-state index is 13.1. The molecule has 0 aliphatic carbocycles. The quantitative estimate of drug-likeness (QED) is 0.819. The summed E-state index contributed by atoms with van der Waals surface area (Å²) < 4.78 is 26.2. The molecular formula is C8H9ClF2N2. The first-order valence-electron chi connectivity index (χ1n) is 3.71. The van der Waals surface area contributed by atoms with Crippen molar-refractivity contribution in [3.63, 3.8) is 0 Å². The van der Waals surface area contributed by atoms with Gasteiger partial charge in [-0.1, -0.05) is 11.6 Å². The third-order valence-corrected chi connectivity index (χ3v) is 1.72. The molecule has 0 bridgehead atoms. The van der Waals surface area contributed by atoms with E-state index >= 15 is 0 Å². The van der Waals surface area contributed by atoms with E-state index < -0.39 is 12.5 Å². The highest BCUT2D eigenvalue weighted by atomic mass is 35.5. The molecule has 0 fully saturated rings. The molecule has 0 spiro atoms. The van der Waals surface area contributed by atoms with Crippen LogP contribution in [0.1, 0.15) is 5.69 Å². The van der Waals surface area contributed by atoms with E-state index in [0.717, 1.165) is 0 Å². The Morgan fingerprint density at radius 3 is 2.69 bits per heavy atom. The first-order chi connectivity index (χ1) is 6.06. The minimum atomic E-state index is -2.95. The number of pyridine rings is 1. The zero-order valence-electron chi connectivity index (χ0n) is 7.02. The van der Waals surface area contributed by atoms with Crippen molar-refractivity contribution in [2.75, 3.05) is 13.6 Å². The van der Waals surface area contributed by atoms with Crippen LogP contribution >= 0.6 is 11.6 Å². The highest BCUT2D eigenvalue weighted by molar-refractivity contribution is 6.30. The molecular weight excluding hydrogens is 198 g/mol. The van der Waals surface area contributed by atoms with Gasteiger partial charge in [0.1, 0.15) is 5.69 Å². The Balaban J connectivity index is 2.87. The molecule has 1 heterocycles. The van der Waals surface area contributed by atoms with Gasteiger partial charge in [-0.05, 0) is 19.2 Å². The van der Waals surface area contributed by atoms with Gasteiger partial charge in [-0.2, -0.15) is 8.78 Å². The minimum absolute atomic E-state index is 0.272. The molecule has 0 saturated carbocycles. The molecule has 0 aromatic carbocycles. The molecule has 0 saturated heterocycles. The molecule has 5 heteroatoms. The molecule has 1 aromatic rings. The molecule has 0 atom stereocenters. The number of likely N-dealkylation sites (N-methyl/N-ethyl adjacent to an activating group) is 1. The first-order valence-corrected chi connectivity index (χ1v) is 4.08. The van der Waals surface area contributed by atoms with Gasteiger partial charge >= 0.3 is 5.92 Å². The summed E-state index contributed by atoms with van der Waals surface area (Å²) in [5.41, 5.74) is -0.272. The van der Waals surface area contributed by atoms with Crippen molar-refractivity contribution >= 4 is 11.6 Å². The Labute approximate surface area is 79.9 Å². The second-order valence-corrected chi connectivity index (χ2v) is 3.03. The number of aromatic nitrogens is 1. The summed E-state index contributed by atoms with van der Waals surface area (Å²) in [7, 11) is 1.46. The van der Waals surface area contributed by atoms with Crippen molar-refractivity contribution in [2.45, 2.75) is 5.92 Å². The molecule has 0 amide bonds. The van der Waals surface area contributed by atoms with Crippen LogP contribution in [0, 0.1) is 0 Å². The van der Waals surface area contributed by atoms with E-state index in [4.69, 9.17) is 11.6 Å². The largest absolute Gasteiger partial charge is 0.314 e. The normalized spacial score (nSPS) is 11.7. The average molecular weight is 207 g/mol. The zero-order valence-corrected chi connectivity index (χ0v) is 7.78. The summed E-state index contributed by atoms with van der Waals surface area (Å²) in [4.78, 5) is 3.55. The standard InChI is InChI=1S/C8H9ClF2N2/c1-12-5-8(10,11)7-3-2-6(9)4-13-7/h2-4,12H,5H2,1H3. The van der Waals surface area contributed by atoms with E-state index in [0.29, 0.717) is 5.02 Å². The van der Waals surface area contributed by atoms with E-state index in [2.05, 4.69) is 10.3 Å². The number of alkyl halides is 2. The maximum Gasteiger partial charge on any atom is 0.301 e. The van der Waals surface area contributed by atoms with Crippen molar-refractivity contribution < 1.29 is 8.78 Å². The lowest BCUT2D eigenvalue weighted by Crippen LogP contribution is -2.28. The van der Waals surface area contributed by atoms with Crippen LogP contribution in [-0.4, -0.2) is 18.6 Å². The molecule has 0 aliphatic heterocycles.